The summed E-state index contributed by atoms with van der Waals surface area (Å²) in [7, 11) is -3.15. The van der Waals surface area contributed by atoms with Gasteiger partial charge < -0.3 is 0 Å². The normalized spacial score (nSPS) is 20.4. The molecule has 0 spiro atoms. The van der Waals surface area contributed by atoms with Gasteiger partial charge in [-0.15, -0.1) is 0 Å². The van der Waals surface area contributed by atoms with E-state index in [4.69, 9.17) is 4.98 Å². The fourth-order valence-corrected chi connectivity index (χ4v) is 4.93. The number of piperidine rings is 1. The zero-order chi connectivity index (χ0) is 17.6. The minimum absolute atomic E-state index is 0.313. The Balaban J connectivity index is 1.50. The van der Waals surface area contributed by atoms with E-state index in [-0.39, 0.29) is 5.25 Å². The SMILES string of the molecule is CC(C)S(=O)(=O)N1CCC(c2ccc3cc(C4CC4)cnc3n2)CC1. The van der Waals surface area contributed by atoms with Crippen molar-refractivity contribution in [2.75, 3.05) is 13.1 Å². The van der Waals surface area contributed by atoms with Crippen molar-refractivity contribution in [2.24, 2.45) is 0 Å². The van der Waals surface area contributed by atoms with E-state index in [1.807, 2.05) is 6.20 Å². The van der Waals surface area contributed by atoms with Gasteiger partial charge in [0.05, 0.1) is 5.25 Å². The molecular weight excluding hydrogens is 334 g/mol. The highest BCUT2D eigenvalue weighted by Crippen LogP contribution is 2.40. The summed E-state index contributed by atoms with van der Waals surface area (Å²) in [6.45, 7) is 4.65. The van der Waals surface area contributed by atoms with Crippen LogP contribution < -0.4 is 0 Å². The summed E-state index contributed by atoms with van der Waals surface area (Å²) in [6, 6.07) is 6.43. The number of nitrogens with zero attached hydrogens (tertiary/aromatic N) is 3. The summed E-state index contributed by atoms with van der Waals surface area (Å²) >= 11 is 0. The molecule has 6 heteroatoms. The summed E-state index contributed by atoms with van der Waals surface area (Å²) in [5.41, 5.74) is 3.18. The van der Waals surface area contributed by atoms with Gasteiger partial charge in [0, 0.05) is 36.3 Å². The van der Waals surface area contributed by atoms with E-state index in [2.05, 4.69) is 23.2 Å². The molecule has 0 unspecified atom stereocenters. The van der Waals surface area contributed by atoms with E-state index in [0.717, 1.165) is 29.6 Å². The zero-order valence-corrected chi connectivity index (χ0v) is 15.7. The second-order valence-corrected chi connectivity index (χ2v) is 10.1. The fraction of sp³-hybridized carbons (Fsp3) is 0.579. The summed E-state index contributed by atoms with van der Waals surface area (Å²) < 4.78 is 26.2. The minimum Gasteiger partial charge on any atom is -0.236 e. The Bertz CT molecular complexity index is 883. The number of sulfonamides is 1. The molecule has 1 aliphatic heterocycles. The summed E-state index contributed by atoms with van der Waals surface area (Å²) in [6.07, 6.45) is 6.16. The average Bonchev–Trinajstić information content (AvgIpc) is 3.46. The third kappa shape index (κ3) is 3.29. The lowest BCUT2D eigenvalue weighted by atomic mass is 9.94. The molecule has 4 rings (SSSR count). The standard InChI is InChI=1S/C19H25N3O2S/c1-13(2)25(23,24)22-9-7-15(8-10-22)18-6-5-16-11-17(14-3-4-14)12-20-19(16)21-18/h5-6,11-15H,3-4,7-10H2,1-2H3. The minimum atomic E-state index is -3.15. The molecule has 1 saturated heterocycles. The van der Waals surface area contributed by atoms with E-state index in [0.29, 0.717) is 24.9 Å². The molecule has 0 aromatic carbocycles. The van der Waals surface area contributed by atoms with E-state index in [9.17, 15) is 8.42 Å². The van der Waals surface area contributed by atoms with Crippen LogP contribution in [0.15, 0.2) is 24.4 Å². The maximum absolute atomic E-state index is 12.3. The monoisotopic (exact) mass is 359 g/mol. The molecule has 2 fully saturated rings. The van der Waals surface area contributed by atoms with Crippen molar-refractivity contribution in [1.82, 2.24) is 14.3 Å². The van der Waals surface area contributed by atoms with Crippen LogP contribution in [0.1, 0.15) is 62.6 Å². The predicted molar refractivity (Wildman–Crippen MR) is 99.1 cm³/mol. The van der Waals surface area contributed by atoms with Crippen LogP contribution in [0.4, 0.5) is 0 Å². The third-order valence-electron chi connectivity index (χ3n) is 5.46. The van der Waals surface area contributed by atoms with Crippen molar-refractivity contribution in [2.45, 2.75) is 56.6 Å². The smallest absolute Gasteiger partial charge is 0.216 e. The highest BCUT2D eigenvalue weighted by Gasteiger charge is 2.31. The molecule has 0 N–H and O–H groups in total. The third-order valence-corrected chi connectivity index (χ3v) is 7.74. The van der Waals surface area contributed by atoms with Crippen LogP contribution in [0, 0.1) is 0 Å². The van der Waals surface area contributed by atoms with Gasteiger partial charge >= 0.3 is 0 Å². The van der Waals surface area contributed by atoms with Gasteiger partial charge in [-0.1, -0.05) is 0 Å². The Morgan fingerprint density at radius 2 is 1.80 bits per heavy atom. The number of fused-ring (bicyclic) bond motifs is 1. The molecule has 2 aromatic heterocycles. The lowest BCUT2D eigenvalue weighted by Crippen LogP contribution is -2.41. The summed E-state index contributed by atoms with van der Waals surface area (Å²) in [4.78, 5) is 9.32. The van der Waals surface area contributed by atoms with Crippen molar-refractivity contribution in [3.05, 3.63) is 35.7 Å². The Labute approximate surface area is 149 Å². The molecule has 0 bridgehead atoms. The molecule has 3 heterocycles. The topological polar surface area (TPSA) is 63.2 Å². The zero-order valence-electron chi connectivity index (χ0n) is 14.9. The molecule has 2 aromatic rings. The van der Waals surface area contributed by atoms with Gasteiger partial charge in [0.15, 0.2) is 5.65 Å². The van der Waals surface area contributed by atoms with Gasteiger partial charge in [0.25, 0.3) is 0 Å². The van der Waals surface area contributed by atoms with Gasteiger partial charge in [-0.2, -0.15) is 0 Å². The van der Waals surface area contributed by atoms with Gasteiger partial charge in [0.1, 0.15) is 0 Å². The van der Waals surface area contributed by atoms with Crippen molar-refractivity contribution in [1.29, 1.82) is 0 Å². The first-order valence-electron chi connectivity index (χ1n) is 9.20. The van der Waals surface area contributed by atoms with Crippen LogP contribution in [0.25, 0.3) is 11.0 Å². The highest BCUT2D eigenvalue weighted by atomic mass is 32.2. The molecule has 25 heavy (non-hydrogen) atoms. The van der Waals surface area contributed by atoms with Gasteiger partial charge in [-0.3, -0.25) is 0 Å². The second-order valence-electron chi connectivity index (χ2n) is 7.59. The van der Waals surface area contributed by atoms with Crippen LogP contribution in [-0.2, 0) is 10.0 Å². The lowest BCUT2D eigenvalue weighted by Gasteiger charge is -2.32. The number of rotatable bonds is 4. The first-order chi connectivity index (χ1) is 11.9. The molecular formula is C19H25N3O2S. The van der Waals surface area contributed by atoms with E-state index in [1.54, 1.807) is 18.2 Å². The van der Waals surface area contributed by atoms with Crippen LogP contribution >= 0.6 is 0 Å². The van der Waals surface area contributed by atoms with Crippen molar-refractivity contribution < 1.29 is 8.42 Å². The van der Waals surface area contributed by atoms with Gasteiger partial charge in [0.2, 0.25) is 10.0 Å². The molecule has 1 aliphatic carbocycles. The quantitative estimate of drug-likeness (QED) is 0.839. The molecule has 0 atom stereocenters. The van der Waals surface area contributed by atoms with E-state index < -0.39 is 10.0 Å². The first-order valence-corrected chi connectivity index (χ1v) is 10.7. The maximum atomic E-state index is 12.3. The number of hydrogen-bond acceptors (Lipinski definition) is 4. The lowest BCUT2D eigenvalue weighted by molar-refractivity contribution is 0.314. The second kappa shape index (κ2) is 6.32. The Morgan fingerprint density at radius 1 is 1.08 bits per heavy atom. The van der Waals surface area contributed by atoms with Crippen molar-refractivity contribution in [3.8, 4) is 0 Å². The van der Waals surface area contributed by atoms with Crippen LogP contribution in [0.3, 0.4) is 0 Å². The van der Waals surface area contributed by atoms with Crippen LogP contribution in [0.2, 0.25) is 0 Å². The van der Waals surface area contributed by atoms with Crippen molar-refractivity contribution >= 4 is 21.1 Å². The molecule has 134 valence electrons. The number of aromatic nitrogens is 2. The van der Waals surface area contributed by atoms with Crippen LogP contribution in [0.5, 0.6) is 0 Å². The van der Waals surface area contributed by atoms with E-state index >= 15 is 0 Å². The molecule has 0 radical (unpaired) electrons. The van der Waals surface area contributed by atoms with Gasteiger partial charge in [-0.25, -0.2) is 22.7 Å². The number of hydrogen-bond donors (Lipinski definition) is 0. The maximum Gasteiger partial charge on any atom is 0.216 e. The first kappa shape index (κ1) is 16.9. The van der Waals surface area contributed by atoms with Gasteiger partial charge in [-0.05, 0) is 69.2 Å². The summed E-state index contributed by atoms with van der Waals surface area (Å²) in [5, 5.41) is 0.751. The average molecular weight is 359 g/mol. The molecule has 5 nitrogen and oxygen atoms in total. The largest absolute Gasteiger partial charge is 0.236 e. The molecule has 1 saturated carbocycles. The Kier molecular flexibility index (Phi) is 4.28. The molecule has 0 amide bonds. The molecule has 2 aliphatic rings. The summed E-state index contributed by atoms with van der Waals surface area (Å²) in [5.74, 6) is 1.01. The van der Waals surface area contributed by atoms with E-state index in [1.165, 1.54) is 18.4 Å². The Hall–Kier alpha value is -1.53. The number of pyridine rings is 2. The Morgan fingerprint density at radius 3 is 2.44 bits per heavy atom. The highest BCUT2D eigenvalue weighted by molar-refractivity contribution is 7.89. The fourth-order valence-electron chi connectivity index (χ4n) is 3.61. The predicted octanol–water partition coefficient (Wildman–Crippen LogP) is 3.42. The van der Waals surface area contributed by atoms with Crippen molar-refractivity contribution in [3.63, 3.8) is 0 Å². The van der Waals surface area contributed by atoms with Crippen LogP contribution in [-0.4, -0.2) is 41.0 Å².